The molecule has 5 heteroatoms. The predicted octanol–water partition coefficient (Wildman–Crippen LogP) is 2.11. The molecule has 1 atom stereocenters. The summed E-state index contributed by atoms with van der Waals surface area (Å²) in [5.41, 5.74) is 6.67. The van der Waals surface area contributed by atoms with Gasteiger partial charge in [0.1, 0.15) is 0 Å². The number of likely N-dealkylation sites (N-methyl/N-ethyl adjacent to an activating group) is 1. The average Bonchev–Trinajstić information content (AvgIpc) is 2.55. The summed E-state index contributed by atoms with van der Waals surface area (Å²) in [5.74, 6) is -0.0264. The molecule has 0 saturated heterocycles. The van der Waals surface area contributed by atoms with Gasteiger partial charge in [-0.2, -0.15) is 0 Å². The number of nitrogens with zero attached hydrogens (tertiary/aromatic N) is 1. The van der Waals surface area contributed by atoms with Crippen molar-refractivity contribution in [3.8, 4) is 0 Å². The molecule has 1 aromatic heterocycles. The van der Waals surface area contributed by atoms with Gasteiger partial charge in [-0.15, -0.1) is 11.3 Å². The molecule has 0 fully saturated rings. The molecular weight excluding hydrogens is 240 g/mol. The standard InChI is InChI=1S/C11H16N2OS2/c1-6-5-9(16-8(6)3)11(14)13(4)7(2)10(12)15/h5,7H,1-4H3,(H2,12,15). The van der Waals surface area contributed by atoms with Gasteiger partial charge < -0.3 is 10.6 Å². The fourth-order valence-corrected chi connectivity index (χ4v) is 2.39. The SMILES string of the molecule is Cc1cc(C(=O)N(C)C(C)C(N)=S)sc1C. The number of aryl methyl sites for hydroxylation is 2. The smallest absolute Gasteiger partial charge is 0.264 e. The first-order valence-electron chi connectivity index (χ1n) is 4.98. The number of hydrogen-bond acceptors (Lipinski definition) is 3. The monoisotopic (exact) mass is 256 g/mol. The zero-order chi connectivity index (χ0) is 12.5. The van der Waals surface area contributed by atoms with Crippen LogP contribution in [-0.2, 0) is 0 Å². The number of nitrogens with two attached hydrogens (primary N) is 1. The maximum absolute atomic E-state index is 12.1. The summed E-state index contributed by atoms with van der Waals surface area (Å²) < 4.78 is 0. The number of amides is 1. The Hall–Kier alpha value is -0.940. The van der Waals surface area contributed by atoms with E-state index in [4.69, 9.17) is 18.0 Å². The van der Waals surface area contributed by atoms with Gasteiger partial charge in [0.25, 0.3) is 5.91 Å². The third-order valence-electron chi connectivity index (χ3n) is 2.69. The molecule has 88 valence electrons. The Labute approximate surface area is 105 Å². The summed E-state index contributed by atoms with van der Waals surface area (Å²) >= 11 is 6.39. The van der Waals surface area contributed by atoms with Crippen LogP contribution >= 0.6 is 23.6 Å². The molecule has 1 unspecified atom stereocenters. The van der Waals surface area contributed by atoms with Gasteiger partial charge in [-0.25, -0.2) is 0 Å². The summed E-state index contributed by atoms with van der Waals surface area (Å²) in [6.07, 6.45) is 0. The van der Waals surface area contributed by atoms with Crippen molar-refractivity contribution in [3.63, 3.8) is 0 Å². The largest absolute Gasteiger partial charge is 0.392 e. The fourth-order valence-electron chi connectivity index (χ4n) is 1.22. The van der Waals surface area contributed by atoms with Crippen molar-refractivity contribution in [2.75, 3.05) is 7.05 Å². The van der Waals surface area contributed by atoms with Crippen molar-refractivity contribution in [3.05, 3.63) is 21.4 Å². The van der Waals surface area contributed by atoms with Crippen LogP contribution < -0.4 is 5.73 Å². The van der Waals surface area contributed by atoms with Gasteiger partial charge in [-0.3, -0.25) is 4.79 Å². The molecule has 3 nitrogen and oxygen atoms in total. The highest BCUT2D eigenvalue weighted by molar-refractivity contribution is 7.80. The molecule has 1 amide bonds. The summed E-state index contributed by atoms with van der Waals surface area (Å²) in [5, 5.41) is 0. The lowest BCUT2D eigenvalue weighted by molar-refractivity contribution is 0.0783. The highest BCUT2D eigenvalue weighted by Gasteiger charge is 2.20. The van der Waals surface area contributed by atoms with E-state index in [9.17, 15) is 4.79 Å². The second kappa shape index (κ2) is 4.93. The van der Waals surface area contributed by atoms with Gasteiger partial charge in [-0.1, -0.05) is 12.2 Å². The molecule has 2 N–H and O–H groups in total. The Kier molecular flexibility index (Phi) is 4.04. The van der Waals surface area contributed by atoms with Crippen molar-refractivity contribution in [1.29, 1.82) is 0 Å². The van der Waals surface area contributed by atoms with Gasteiger partial charge in [0.2, 0.25) is 0 Å². The molecule has 0 radical (unpaired) electrons. The van der Waals surface area contributed by atoms with E-state index in [1.165, 1.54) is 16.2 Å². The van der Waals surface area contributed by atoms with Crippen molar-refractivity contribution in [2.45, 2.75) is 26.8 Å². The molecule has 0 aliphatic rings. The Balaban J connectivity index is 2.90. The molecule has 1 rings (SSSR count). The highest BCUT2D eigenvalue weighted by atomic mass is 32.1. The zero-order valence-corrected chi connectivity index (χ0v) is 11.5. The average molecular weight is 256 g/mol. The van der Waals surface area contributed by atoms with E-state index < -0.39 is 0 Å². The van der Waals surface area contributed by atoms with E-state index in [0.717, 1.165) is 10.4 Å². The highest BCUT2D eigenvalue weighted by Crippen LogP contribution is 2.22. The van der Waals surface area contributed by atoms with Crippen LogP contribution in [0.4, 0.5) is 0 Å². The lowest BCUT2D eigenvalue weighted by Crippen LogP contribution is -2.42. The van der Waals surface area contributed by atoms with Crippen LogP contribution in [0.5, 0.6) is 0 Å². The maximum atomic E-state index is 12.1. The summed E-state index contributed by atoms with van der Waals surface area (Å²) in [6, 6.07) is 1.69. The van der Waals surface area contributed by atoms with Gasteiger partial charge in [-0.05, 0) is 32.4 Å². The molecule has 1 aromatic rings. The molecule has 0 spiro atoms. The van der Waals surface area contributed by atoms with Gasteiger partial charge in [0, 0.05) is 11.9 Å². The molecular formula is C11H16N2OS2. The molecule has 0 saturated carbocycles. The van der Waals surface area contributed by atoms with E-state index >= 15 is 0 Å². The first-order chi connectivity index (χ1) is 7.34. The minimum Gasteiger partial charge on any atom is -0.392 e. The topological polar surface area (TPSA) is 46.3 Å². The van der Waals surface area contributed by atoms with Crippen molar-refractivity contribution in [1.82, 2.24) is 4.90 Å². The van der Waals surface area contributed by atoms with E-state index in [2.05, 4.69) is 0 Å². The lowest BCUT2D eigenvalue weighted by atomic mass is 10.2. The van der Waals surface area contributed by atoms with Gasteiger partial charge >= 0.3 is 0 Å². The van der Waals surface area contributed by atoms with Gasteiger partial charge in [0.15, 0.2) is 0 Å². The normalized spacial score (nSPS) is 12.2. The lowest BCUT2D eigenvalue weighted by Gasteiger charge is -2.23. The summed E-state index contributed by atoms with van der Waals surface area (Å²) in [7, 11) is 1.72. The van der Waals surface area contributed by atoms with Crippen LogP contribution in [0.1, 0.15) is 27.0 Å². The first kappa shape index (κ1) is 13.1. The van der Waals surface area contributed by atoms with E-state index in [-0.39, 0.29) is 11.9 Å². The molecule has 0 aliphatic carbocycles. The van der Waals surface area contributed by atoms with Crippen LogP contribution in [0, 0.1) is 13.8 Å². The summed E-state index contributed by atoms with van der Waals surface area (Å²) in [4.78, 5) is 15.9. The number of thiocarbonyl (C=S) groups is 1. The number of carbonyl (C=O) groups excluding carboxylic acids is 1. The number of thiophene rings is 1. The zero-order valence-electron chi connectivity index (χ0n) is 9.90. The molecule has 0 bridgehead atoms. The van der Waals surface area contributed by atoms with E-state index in [1.807, 2.05) is 26.8 Å². The van der Waals surface area contributed by atoms with E-state index in [0.29, 0.717) is 4.99 Å². The van der Waals surface area contributed by atoms with Crippen LogP contribution in [0.25, 0.3) is 0 Å². The van der Waals surface area contributed by atoms with Crippen LogP contribution in [-0.4, -0.2) is 28.9 Å². The van der Waals surface area contributed by atoms with Crippen molar-refractivity contribution >= 4 is 34.5 Å². The van der Waals surface area contributed by atoms with Crippen LogP contribution in [0.15, 0.2) is 6.07 Å². The number of hydrogen-bond donors (Lipinski definition) is 1. The minimum atomic E-state index is -0.217. The van der Waals surface area contributed by atoms with Crippen LogP contribution in [0.2, 0.25) is 0 Å². The number of rotatable bonds is 3. The quantitative estimate of drug-likeness (QED) is 0.843. The molecule has 0 aliphatic heterocycles. The van der Waals surface area contributed by atoms with Crippen molar-refractivity contribution in [2.24, 2.45) is 5.73 Å². The van der Waals surface area contributed by atoms with E-state index in [1.54, 1.807) is 11.9 Å². The second-order valence-corrected chi connectivity index (χ2v) is 5.57. The van der Waals surface area contributed by atoms with Crippen LogP contribution in [0.3, 0.4) is 0 Å². The Morgan fingerprint density at radius 2 is 2.12 bits per heavy atom. The maximum Gasteiger partial charge on any atom is 0.264 e. The second-order valence-electron chi connectivity index (χ2n) is 3.84. The first-order valence-corrected chi connectivity index (χ1v) is 6.20. The third kappa shape index (κ3) is 2.59. The predicted molar refractivity (Wildman–Crippen MR) is 72.1 cm³/mol. The minimum absolute atomic E-state index is 0.0264. The Morgan fingerprint density at radius 1 is 1.56 bits per heavy atom. The third-order valence-corrected chi connectivity index (χ3v) is 4.17. The van der Waals surface area contributed by atoms with Gasteiger partial charge in [0.05, 0.1) is 15.9 Å². The molecule has 16 heavy (non-hydrogen) atoms. The Bertz CT molecular complexity index is 406. The summed E-state index contributed by atoms with van der Waals surface area (Å²) in [6.45, 7) is 5.83. The molecule has 0 aromatic carbocycles. The Morgan fingerprint density at radius 3 is 2.50 bits per heavy atom. The van der Waals surface area contributed by atoms with Crippen molar-refractivity contribution < 1.29 is 4.79 Å². The molecule has 1 heterocycles. The fraction of sp³-hybridized carbons (Fsp3) is 0.455. The number of carbonyl (C=O) groups is 1.